The summed E-state index contributed by atoms with van der Waals surface area (Å²) in [5.74, 6) is -1.18. The number of ether oxygens (including phenoxy) is 1. The summed E-state index contributed by atoms with van der Waals surface area (Å²) in [6.45, 7) is 1.66. The molecule has 11 nitrogen and oxygen atoms in total. The maximum atomic E-state index is 13.2. The van der Waals surface area contributed by atoms with Crippen LogP contribution >= 0.6 is 0 Å². The van der Waals surface area contributed by atoms with Gasteiger partial charge >= 0.3 is 12.4 Å². The van der Waals surface area contributed by atoms with E-state index in [-0.39, 0.29) is 62.3 Å². The van der Waals surface area contributed by atoms with Crippen LogP contribution in [0.2, 0.25) is 0 Å². The molecule has 41 heavy (non-hydrogen) atoms. The van der Waals surface area contributed by atoms with Crippen LogP contribution in [-0.4, -0.2) is 85.1 Å². The SMILES string of the molecule is C[C@@H](COCCC(=O)N1CCN2c3ncc(C(F)(F)F)cc3CS(=O)(=O)C[C@H]2C1)Nc1cn[nH]c(=O)c1C(F)(F)F. The maximum absolute atomic E-state index is 13.2. The van der Waals surface area contributed by atoms with Gasteiger partial charge in [0, 0.05) is 37.4 Å². The molecule has 0 saturated carbocycles. The quantitative estimate of drug-likeness (QED) is 0.356. The van der Waals surface area contributed by atoms with Crippen molar-refractivity contribution in [2.24, 2.45) is 0 Å². The van der Waals surface area contributed by atoms with Gasteiger partial charge in [-0.15, -0.1) is 0 Å². The van der Waals surface area contributed by atoms with E-state index in [1.165, 1.54) is 11.8 Å². The second-order valence-corrected chi connectivity index (χ2v) is 11.9. The minimum atomic E-state index is -4.91. The average molecular weight is 613 g/mol. The molecule has 0 unspecified atom stereocenters. The molecule has 0 spiro atoms. The van der Waals surface area contributed by atoms with Crippen molar-refractivity contribution in [2.75, 3.05) is 48.8 Å². The zero-order valence-electron chi connectivity index (χ0n) is 21.5. The molecule has 2 aromatic rings. The van der Waals surface area contributed by atoms with Crippen LogP contribution in [0.15, 0.2) is 23.3 Å². The summed E-state index contributed by atoms with van der Waals surface area (Å²) in [6, 6.07) is -0.595. The van der Waals surface area contributed by atoms with Gasteiger partial charge in [0.2, 0.25) is 5.91 Å². The molecule has 1 fully saturated rings. The fourth-order valence-corrected chi connectivity index (χ4v) is 6.46. The first-order valence-electron chi connectivity index (χ1n) is 12.4. The van der Waals surface area contributed by atoms with Crippen LogP contribution in [0, 0.1) is 0 Å². The molecule has 0 radical (unpaired) electrons. The van der Waals surface area contributed by atoms with Crippen molar-refractivity contribution in [1.82, 2.24) is 20.1 Å². The van der Waals surface area contributed by atoms with E-state index in [0.717, 1.165) is 12.3 Å². The molecule has 2 N–H and O–H groups in total. The molecule has 18 heteroatoms. The predicted molar refractivity (Wildman–Crippen MR) is 133 cm³/mol. The molecule has 2 atom stereocenters. The molecular formula is C23H26F6N6O5S. The first kappa shape index (κ1) is 30.5. The molecule has 226 valence electrons. The zero-order valence-corrected chi connectivity index (χ0v) is 22.4. The summed E-state index contributed by atoms with van der Waals surface area (Å²) < 4.78 is 110. The van der Waals surface area contributed by atoms with Gasteiger partial charge < -0.3 is 19.9 Å². The number of pyridine rings is 1. The van der Waals surface area contributed by atoms with E-state index >= 15 is 0 Å². The van der Waals surface area contributed by atoms with Crippen LogP contribution in [0.1, 0.15) is 30.0 Å². The van der Waals surface area contributed by atoms with E-state index in [9.17, 15) is 44.3 Å². The summed E-state index contributed by atoms with van der Waals surface area (Å²) in [4.78, 5) is 31.4. The van der Waals surface area contributed by atoms with Gasteiger partial charge in [0.15, 0.2) is 9.84 Å². The Morgan fingerprint density at radius 3 is 2.61 bits per heavy atom. The van der Waals surface area contributed by atoms with Crippen molar-refractivity contribution >= 4 is 27.2 Å². The highest BCUT2D eigenvalue weighted by Crippen LogP contribution is 2.35. The molecule has 1 amide bonds. The summed E-state index contributed by atoms with van der Waals surface area (Å²) >= 11 is 0. The number of carbonyl (C=O) groups excluding carboxylic acids is 1. The van der Waals surface area contributed by atoms with Crippen molar-refractivity contribution < 1.29 is 44.3 Å². The van der Waals surface area contributed by atoms with Gasteiger partial charge in [-0.3, -0.25) is 9.59 Å². The number of aromatic nitrogens is 3. The van der Waals surface area contributed by atoms with Gasteiger partial charge in [-0.1, -0.05) is 0 Å². The Kier molecular flexibility index (Phi) is 8.54. The fourth-order valence-electron chi connectivity index (χ4n) is 4.79. The van der Waals surface area contributed by atoms with Gasteiger partial charge in [0.1, 0.15) is 11.4 Å². The molecule has 0 aliphatic carbocycles. The van der Waals surface area contributed by atoms with Gasteiger partial charge in [-0.05, 0) is 13.0 Å². The maximum Gasteiger partial charge on any atom is 0.423 e. The Balaban J connectivity index is 1.32. The Morgan fingerprint density at radius 1 is 1.20 bits per heavy atom. The number of carbonyl (C=O) groups is 1. The van der Waals surface area contributed by atoms with Crippen LogP contribution in [-0.2, 0) is 37.5 Å². The molecule has 4 rings (SSSR count). The average Bonchev–Trinajstić information content (AvgIpc) is 2.96. The predicted octanol–water partition coefficient (Wildman–Crippen LogP) is 2.06. The summed E-state index contributed by atoms with van der Waals surface area (Å²) in [5, 5.41) is 7.63. The highest BCUT2D eigenvalue weighted by atomic mass is 32.2. The smallest absolute Gasteiger partial charge is 0.379 e. The Labute approximate surface area is 229 Å². The van der Waals surface area contributed by atoms with Gasteiger partial charge in [0.25, 0.3) is 5.56 Å². The number of H-pyrrole nitrogens is 1. The fraction of sp³-hybridized carbons (Fsp3) is 0.565. The number of amides is 1. The number of nitrogens with zero attached hydrogens (tertiary/aromatic N) is 4. The van der Waals surface area contributed by atoms with Gasteiger partial charge in [-0.2, -0.15) is 31.4 Å². The number of halogens is 6. The minimum absolute atomic E-state index is 0.00787. The number of hydrogen-bond acceptors (Lipinski definition) is 9. The second-order valence-electron chi connectivity index (χ2n) is 9.80. The van der Waals surface area contributed by atoms with Crippen LogP contribution in [0.3, 0.4) is 0 Å². The van der Waals surface area contributed by atoms with Crippen molar-refractivity contribution in [3.63, 3.8) is 0 Å². The van der Waals surface area contributed by atoms with Crippen molar-refractivity contribution in [1.29, 1.82) is 0 Å². The lowest BCUT2D eigenvalue weighted by atomic mass is 10.1. The van der Waals surface area contributed by atoms with E-state index in [4.69, 9.17) is 4.74 Å². The van der Waals surface area contributed by atoms with Crippen molar-refractivity contribution in [3.8, 4) is 0 Å². The number of nitrogens with one attached hydrogen (secondary N) is 2. The summed E-state index contributed by atoms with van der Waals surface area (Å²) in [7, 11) is -3.80. The first-order chi connectivity index (χ1) is 19.0. The Hall–Kier alpha value is -3.41. The van der Waals surface area contributed by atoms with Crippen LogP contribution in [0.5, 0.6) is 0 Å². The van der Waals surface area contributed by atoms with E-state index in [1.54, 1.807) is 10.00 Å². The number of fused-ring (bicyclic) bond motifs is 3. The number of piperazine rings is 1. The normalized spacial score (nSPS) is 19.6. The molecule has 0 bridgehead atoms. The Morgan fingerprint density at radius 2 is 1.93 bits per heavy atom. The molecule has 2 aliphatic rings. The van der Waals surface area contributed by atoms with E-state index < -0.39 is 62.4 Å². The standard InChI is InChI=1S/C23H26F6N6O5S/c1-13(32-17-8-31-33-21(37)19(17)23(27,28)29)10-40-5-2-18(36)34-3-4-35-16(9-34)12-41(38,39)11-14-6-15(22(24,25)26)7-30-20(14)35/h6-8,13,16H,2-5,9-12H2,1H3,(H2,32,33,37)/t13-,16+/m0/s1. The lowest BCUT2D eigenvalue weighted by molar-refractivity contribution is -0.138. The van der Waals surface area contributed by atoms with Crippen LogP contribution < -0.4 is 15.8 Å². The van der Waals surface area contributed by atoms with Crippen molar-refractivity contribution in [3.05, 3.63) is 45.5 Å². The molecule has 4 heterocycles. The number of sulfone groups is 1. The molecule has 1 saturated heterocycles. The number of aromatic amines is 1. The highest BCUT2D eigenvalue weighted by Gasteiger charge is 2.40. The number of hydrogen-bond donors (Lipinski definition) is 2. The van der Waals surface area contributed by atoms with Crippen LogP contribution in [0.25, 0.3) is 0 Å². The first-order valence-corrected chi connectivity index (χ1v) is 14.2. The van der Waals surface area contributed by atoms with E-state index in [2.05, 4.69) is 15.4 Å². The molecule has 0 aromatic carbocycles. The zero-order chi connectivity index (χ0) is 30.2. The molecule has 2 aromatic heterocycles. The van der Waals surface area contributed by atoms with Crippen molar-refractivity contribution in [2.45, 2.75) is 43.5 Å². The minimum Gasteiger partial charge on any atom is -0.379 e. The third kappa shape index (κ3) is 7.27. The summed E-state index contributed by atoms with van der Waals surface area (Å²) in [6.07, 6.45) is -8.19. The lowest BCUT2D eigenvalue weighted by Crippen LogP contribution is -2.57. The topological polar surface area (TPSA) is 138 Å². The summed E-state index contributed by atoms with van der Waals surface area (Å²) in [5.41, 5.74) is -4.43. The molecule has 2 aliphatic heterocycles. The van der Waals surface area contributed by atoms with E-state index in [0.29, 0.717) is 6.20 Å². The number of anilines is 2. The number of alkyl halides is 6. The van der Waals surface area contributed by atoms with Crippen LogP contribution in [0.4, 0.5) is 37.8 Å². The Bertz CT molecular complexity index is 1450. The van der Waals surface area contributed by atoms with Gasteiger partial charge in [-0.25, -0.2) is 18.5 Å². The second kappa shape index (κ2) is 11.5. The highest BCUT2D eigenvalue weighted by molar-refractivity contribution is 7.90. The third-order valence-electron chi connectivity index (χ3n) is 6.57. The largest absolute Gasteiger partial charge is 0.423 e. The van der Waals surface area contributed by atoms with E-state index in [1.807, 2.05) is 0 Å². The lowest BCUT2D eigenvalue weighted by Gasteiger charge is -2.41. The number of rotatable bonds is 7. The monoisotopic (exact) mass is 612 g/mol. The third-order valence-corrected chi connectivity index (χ3v) is 8.21. The van der Waals surface area contributed by atoms with Gasteiger partial charge in [0.05, 0.1) is 54.6 Å². The molecular weight excluding hydrogens is 586 g/mol.